The zero-order valence-corrected chi connectivity index (χ0v) is 22.2. The number of para-hydroxylation sites is 1. The molecule has 0 unspecified atom stereocenters. The summed E-state index contributed by atoms with van der Waals surface area (Å²) in [7, 11) is 1.24. The monoisotopic (exact) mass is 603 g/mol. The van der Waals surface area contributed by atoms with E-state index in [1.165, 1.54) is 25.5 Å². The van der Waals surface area contributed by atoms with Crippen molar-refractivity contribution in [1.82, 2.24) is 9.66 Å². The van der Waals surface area contributed by atoms with E-state index in [0.717, 1.165) is 16.8 Å². The van der Waals surface area contributed by atoms with Crippen LogP contribution in [0, 0.1) is 0 Å². The first kappa shape index (κ1) is 27.8. The molecule has 0 aliphatic rings. The molecule has 0 aliphatic carbocycles. The number of esters is 1. The van der Waals surface area contributed by atoms with Crippen molar-refractivity contribution in [3.63, 3.8) is 0 Å². The maximum absolute atomic E-state index is 13.4. The number of carbonyl (C=O) groups excluding carboxylic acids is 1. The Hall–Kier alpha value is -4.19. The van der Waals surface area contributed by atoms with Crippen LogP contribution in [0.5, 0.6) is 11.5 Å². The number of nitrogens with zero attached hydrogens (tertiary/aromatic N) is 3. The second-order valence-corrected chi connectivity index (χ2v) is 8.87. The number of ether oxygens (including phenoxy) is 3. The van der Waals surface area contributed by atoms with Crippen molar-refractivity contribution in [3.8, 4) is 22.9 Å². The first-order chi connectivity index (χ1) is 18.6. The van der Waals surface area contributed by atoms with E-state index in [1.54, 1.807) is 43.3 Å². The van der Waals surface area contributed by atoms with E-state index < -0.39 is 23.3 Å². The predicted octanol–water partition coefficient (Wildman–Crippen LogP) is 5.68. The van der Waals surface area contributed by atoms with Crippen molar-refractivity contribution >= 4 is 39.0 Å². The van der Waals surface area contributed by atoms with Crippen LogP contribution in [0.15, 0.2) is 75.0 Å². The summed E-state index contributed by atoms with van der Waals surface area (Å²) in [5.41, 5.74) is -0.620. The number of benzene rings is 3. The van der Waals surface area contributed by atoms with E-state index >= 15 is 0 Å². The molecule has 0 atom stereocenters. The second kappa shape index (κ2) is 11.7. The topological polar surface area (TPSA) is 92.0 Å². The highest BCUT2D eigenvalue weighted by molar-refractivity contribution is 9.10. The van der Waals surface area contributed by atoms with Crippen molar-refractivity contribution in [2.45, 2.75) is 13.1 Å². The number of fused-ring (bicyclic) bond motifs is 1. The predicted molar refractivity (Wildman–Crippen MR) is 142 cm³/mol. The van der Waals surface area contributed by atoms with Crippen LogP contribution >= 0.6 is 15.9 Å². The van der Waals surface area contributed by atoms with Crippen LogP contribution in [0.25, 0.3) is 22.3 Å². The number of alkyl halides is 3. The Bertz CT molecular complexity index is 1620. The van der Waals surface area contributed by atoms with Crippen LogP contribution < -0.4 is 15.0 Å². The Morgan fingerprint density at radius 2 is 1.82 bits per heavy atom. The number of methoxy groups -OCH3 is 1. The van der Waals surface area contributed by atoms with Gasteiger partial charge < -0.3 is 14.2 Å². The van der Waals surface area contributed by atoms with Gasteiger partial charge in [0.15, 0.2) is 23.9 Å². The summed E-state index contributed by atoms with van der Waals surface area (Å²) in [5, 5.41) is 4.55. The lowest BCUT2D eigenvalue weighted by Gasteiger charge is -2.14. The molecule has 1 aromatic heterocycles. The van der Waals surface area contributed by atoms with E-state index in [2.05, 4.69) is 30.8 Å². The van der Waals surface area contributed by atoms with E-state index in [0.29, 0.717) is 27.9 Å². The Morgan fingerprint density at radius 3 is 2.54 bits per heavy atom. The molecule has 202 valence electrons. The Labute approximate surface area is 228 Å². The third-order valence-corrected chi connectivity index (χ3v) is 6.14. The van der Waals surface area contributed by atoms with Crippen LogP contribution in [-0.2, 0) is 15.7 Å². The van der Waals surface area contributed by atoms with Crippen LogP contribution in [0.4, 0.5) is 13.2 Å². The molecule has 4 rings (SSSR count). The highest BCUT2D eigenvalue weighted by atomic mass is 79.9. The highest BCUT2D eigenvalue weighted by Crippen LogP contribution is 2.34. The summed E-state index contributed by atoms with van der Waals surface area (Å²) in [6.45, 7) is 1.72. The van der Waals surface area contributed by atoms with Gasteiger partial charge in [0.2, 0.25) is 0 Å². The SMILES string of the molecule is CCOc1cc(C=Nn2c(-c3cccc(C(F)(F)F)c3)nc3ccccc3c2=O)c(Br)cc1OCC(=O)OC. The van der Waals surface area contributed by atoms with Crippen molar-refractivity contribution in [2.75, 3.05) is 20.3 Å². The number of halogens is 4. The molecule has 0 fully saturated rings. The van der Waals surface area contributed by atoms with Crippen LogP contribution in [0.1, 0.15) is 18.1 Å². The molecule has 0 saturated heterocycles. The van der Waals surface area contributed by atoms with Crippen LogP contribution in [0.3, 0.4) is 0 Å². The molecule has 0 spiro atoms. The summed E-state index contributed by atoms with van der Waals surface area (Å²) in [4.78, 5) is 29.3. The Morgan fingerprint density at radius 1 is 1.08 bits per heavy atom. The average molecular weight is 604 g/mol. The summed E-state index contributed by atoms with van der Waals surface area (Å²) in [5.74, 6) is -0.0849. The van der Waals surface area contributed by atoms with Gasteiger partial charge in [0, 0.05) is 15.6 Å². The first-order valence-electron chi connectivity index (χ1n) is 11.5. The van der Waals surface area contributed by atoms with Gasteiger partial charge in [0.25, 0.3) is 5.56 Å². The van der Waals surface area contributed by atoms with E-state index in [1.807, 2.05) is 0 Å². The van der Waals surface area contributed by atoms with Gasteiger partial charge in [-0.25, -0.2) is 9.78 Å². The van der Waals surface area contributed by atoms with Gasteiger partial charge in [-0.3, -0.25) is 4.79 Å². The molecule has 12 heteroatoms. The average Bonchev–Trinajstić information content (AvgIpc) is 2.92. The highest BCUT2D eigenvalue weighted by Gasteiger charge is 2.31. The normalized spacial score (nSPS) is 11.6. The largest absolute Gasteiger partial charge is 0.490 e. The van der Waals surface area contributed by atoms with Gasteiger partial charge in [-0.05, 0) is 59.3 Å². The van der Waals surface area contributed by atoms with Crippen LogP contribution in [0.2, 0.25) is 0 Å². The van der Waals surface area contributed by atoms with Gasteiger partial charge in [0.1, 0.15) is 0 Å². The molecule has 0 aliphatic heterocycles. The lowest BCUT2D eigenvalue weighted by atomic mass is 10.1. The molecule has 8 nitrogen and oxygen atoms in total. The summed E-state index contributed by atoms with van der Waals surface area (Å²) < 4.78 is 57.4. The van der Waals surface area contributed by atoms with Gasteiger partial charge >= 0.3 is 12.1 Å². The molecular weight excluding hydrogens is 583 g/mol. The van der Waals surface area contributed by atoms with Gasteiger partial charge in [-0.15, -0.1) is 0 Å². The number of rotatable bonds is 8. The minimum Gasteiger partial charge on any atom is -0.490 e. The van der Waals surface area contributed by atoms with Crippen molar-refractivity contribution in [2.24, 2.45) is 5.10 Å². The fourth-order valence-corrected chi connectivity index (χ4v) is 4.02. The zero-order valence-electron chi connectivity index (χ0n) is 20.7. The van der Waals surface area contributed by atoms with E-state index in [4.69, 9.17) is 9.47 Å². The van der Waals surface area contributed by atoms with Crippen molar-refractivity contribution < 1.29 is 32.2 Å². The lowest BCUT2D eigenvalue weighted by Crippen LogP contribution is -2.20. The number of hydrogen-bond donors (Lipinski definition) is 0. The van der Waals surface area contributed by atoms with E-state index in [9.17, 15) is 22.8 Å². The fraction of sp³-hybridized carbons (Fsp3) is 0.185. The molecule has 3 aromatic carbocycles. The molecule has 0 bridgehead atoms. The molecule has 0 amide bonds. The molecule has 0 saturated carbocycles. The molecule has 4 aromatic rings. The van der Waals surface area contributed by atoms with Gasteiger partial charge in [0.05, 0.1) is 36.4 Å². The molecular formula is C27H21BrF3N3O5. The zero-order chi connectivity index (χ0) is 28.2. The number of aromatic nitrogens is 2. The summed E-state index contributed by atoms with van der Waals surface area (Å²) >= 11 is 3.41. The minimum absolute atomic E-state index is 0.0606. The maximum Gasteiger partial charge on any atom is 0.416 e. The molecule has 1 heterocycles. The smallest absolute Gasteiger partial charge is 0.416 e. The standard InChI is InChI=1S/C27H21BrF3N3O5/c1-3-38-22-12-17(20(28)13-23(22)39-15-24(35)37-2)14-32-34-25(16-7-6-8-18(11-16)27(29,30)31)33-21-10-5-4-9-19(21)26(34)36/h4-14H,3,15H2,1-2H3. The molecule has 0 radical (unpaired) electrons. The number of hydrogen-bond acceptors (Lipinski definition) is 7. The molecule has 39 heavy (non-hydrogen) atoms. The third-order valence-electron chi connectivity index (χ3n) is 5.45. The summed E-state index contributed by atoms with van der Waals surface area (Å²) in [6, 6.07) is 14.1. The quantitative estimate of drug-likeness (QED) is 0.190. The van der Waals surface area contributed by atoms with Crippen molar-refractivity contribution in [3.05, 3.63) is 86.6 Å². The third kappa shape index (κ3) is 6.28. The van der Waals surface area contributed by atoms with Crippen molar-refractivity contribution in [1.29, 1.82) is 0 Å². The second-order valence-electron chi connectivity index (χ2n) is 8.01. The Balaban J connectivity index is 1.83. The minimum atomic E-state index is -4.58. The first-order valence-corrected chi connectivity index (χ1v) is 12.3. The maximum atomic E-state index is 13.4. The van der Waals surface area contributed by atoms with E-state index in [-0.39, 0.29) is 29.1 Å². The van der Waals surface area contributed by atoms with Gasteiger partial charge in [-0.1, -0.05) is 24.3 Å². The van der Waals surface area contributed by atoms with Gasteiger partial charge in [-0.2, -0.15) is 22.9 Å². The molecule has 0 N–H and O–H groups in total. The number of carbonyl (C=O) groups is 1. The summed E-state index contributed by atoms with van der Waals surface area (Å²) in [6.07, 6.45) is -3.24. The van der Waals surface area contributed by atoms with Crippen LogP contribution in [-0.4, -0.2) is 42.2 Å². The fourth-order valence-electron chi connectivity index (χ4n) is 3.60. The lowest BCUT2D eigenvalue weighted by molar-refractivity contribution is -0.143. The Kier molecular flexibility index (Phi) is 8.34.